The first-order chi connectivity index (χ1) is 17.7. The number of benzene rings is 1. The molecule has 2 aromatic heterocycles. The summed E-state index contributed by atoms with van der Waals surface area (Å²) in [6.07, 6.45) is -2.23. The minimum atomic E-state index is -4.44. The summed E-state index contributed by atoms with van der Waals surface area (Å²) in [6.45, 7) is 1.05. The minimum absolute atomic E-state index is 0.147. The predicted octanol–water partition coefficient (Wildman–Crippen LogP) is 3.44. The predicted molar refractivity (Wildman–Crippen MR) is 134 cm³/mol. The van der Waals surface area contributed by atoms with Gasteiger partial charge < -0.3 is 20.8 Å². The summed E-state index contributed by atoms with van der Waals surface area (Å²) < 4.78 is 40.2. The zero-order chi connectivity index (χ0) is 26.4. The number of hydrogen-bond acceptors (Lipinski definition) is 8. The van der Waals surface area contributed by atoms with Crippen molar-refractivity contribution in [2.45, 2.75) is 29.6 Å². The lowest BCUT2D eigenvalue weighted by molar-refractivity contribution is -0.137. The Morgan fingerprint density at radius 3 is 2.54 bits per heavy atom. The summed E-state index contributed by atoms with van der Waals surface area (Å²) >= 11 is 1.51. The highest BCUT2D eigenvalue weighted by Crippen LogP contribution is 2.31. The van der Waals surface area contributed by atoms with E-state index in [1.54, 1.807) is 12.3 Å². The second-order valence-corrected chi connectivity index (χ2v) is 9.62. The first-order valence-corrected chi connectivity index (χ1v) is 12.4. The van der Waals surface area contributed by atoms with E-state index >= 15 is 0 Å². The zero-order valence-corrected chi connectivity index (χ0v) is 20.5. The van der Waals surface area contributed by atoms with Gasteiger partial charge in [0, 0.05) is 36.9 Å². The molecule has 4 rings (SSSR count). The van der Waals surface area contributed by atoms with Crippen molar-refractivity contribution in [2.75, 3.05) is 31.6 Å². The Balaban J connectivity index is 1.31. The topological polar surface area (TPSA) is 111 Å². The third-order valence-corrected chi connectivity index (χ3v) is 6.85. The molecule has 2 atom stereocenters. The largest absolute Gasteiger partial charge is 0.417 e. The first-order valence-electron chi connectivity index (χ1n) is 11.6. The van der Waals surface area contributed by atoms with Crippen molar-refractivity contribution in [1.82, 2.24) is 19.6 Å². The average molecular weight is 534 g/mol. The van der Waals surface area contributed by atoms with Crippen molar-refractivity contribution in [1.29, 1.82) is 0 Å². The third kappa shape index (κ3) is 7.19. The Labute approximate surface area is 216 Å². The number of β-amino-alcohol motifs (C(OH)–C–C–N with tert-alkyl or cyclic N) is 1. The number of hydrogen-bond donors (Lipinski definition) is 4. The Kier molecular flexibility index (Phi) is 8.64. The molecule has 4 N–H and O–H groups in total. The van der Waals surface area contributed by atoms with Gasteiger partial charge in [0.2, 0.25) is 0 Å². The van der Waals surface area contributed by atoms with Gasteiger partial charge in [-0.15, -0.1) is 0 Å². The maximum Gasteiger partial charge on any atom is 0.417 e. The number of aliphatic hydroxyl groups excluding tert-OH is 2. The van der Waals surface area contributed by atoms with Crippen molar-refractivity contribution < 1.29 is 28.2 Å². The summed E-state index contributed by atoms with van der Waals surface area (Å²) in [5.41, 5.74) is 1.19. The van der Waals surface area contributed by atoms with Crippen molar-refractivity contribution in [2.24, 2.45) is 0 Å². The molecule has 196 valence electrons. The molecule has 1 amide bonds. The van der Waals surface area contributed by atoms with E-state index in [0.29, 0.717) is 25.3 Å². The fourth-order valence-corrected chi connectivity index (χ4v) is 4.82. The normalized spacial score (nSPS) is 18.4. The maximum absolute atomic E-state index is 12.7. The number of amides is 1. The number of carbonyl (C=O) groups is 1. The Morgan fingerprint density at radius 1 is 1.11 bits per heavy atom. The van der Waals surface area contributed by atoms with E-state index in [4.69, 9.17) is 5.11 Å². The van der Waals surface area contributed by atoms with Crippen LogP contribution >= 0.6 is 11.9 Å². The fraction of sp³-hybridized carbons (Fsp3) is 0.320. The van der Waals surface area contributed by atoms with Gasteiger partial charge in [0.05, 0.1) is 24.3 Å². The molecule has 1 aliphatic rings. The number of aliphatic hydroxyl groups is 2. The van der Waals surface area contributed by atoms with Crippen LogP contribution in [0.3, 0.4) is 0 Å². The summed E-state index contributed by atoms with van der Waals surface area (Å²) in [6, 6.07) is 13.2. The van der Waals surface area contributed by atoms with Crippen LogP contribution in [0.4, 0.5) is 19.0 Å². The number of aromatic nitrogens is 2. The Bertz CT molecular complexity index is 1200. The molecule has 0 spiro atoms. The molecular formula is C25H26F3N5O3S. The van der Waals surface area contributed by atoms with Crippen molar-refractivity contribution in [3.05, 3.63) is 72.2 Å². The van der Waals surface area contributed by atoms with E-state index in [1.165, 1.54) is 18.0 Å². The lowest BCUT2D eigenvalue weighted by Crippen LogP contribution is -2.47. The molecule has 3 aromatic rings. The number of nitrogens with one attached hydrogen (secondary N) is 2. The summed E-state index contributed by atoms with van der Waals surface area (Å²) in [7, 11) is 0. The van der Waals surface area contributed by atoms with E-state index in [-0.39, 0.29) is 30.8 Å². The van der Waals surface area contributed by atoms with Crippen LogP contribution in [-0.2, 0) is 6.18 Å². The van der Waals surface area contributed by atoms with Gasteiger partial charge in [-0.3, -0.25) is 9.78 Å². The number of halogens is 3. The molecule has 1 saturated heterocycles. The molecule has 1 fully saturated rings. The minimum Gasteiger partial charge on any atom is -0.395 e. The quantitative estimate of drug-likeness (QED) is 0.326. The Hall–Kier alpha value is -3.19. The Morgan fingerprint density at radius 2 is 1.89 bits per heavy atom. The highest BCUT2D eigenvalue weighted by molar-refractivity contribution is 7.97. The van der Waals surface area contributed by atoms with Gasteiger partial charge in [-0.2, -0.15) is 13.2 Å². The molecule has 0 saturated carbocycles. The highest BCUT2D eigenvalue weighted by atomic mass is 32.2. The molecule has 2 unspecified atom stereocenters. The van der Waals surface area contributed by atoms with E-state index in [0.717, 1.165) is 28.3 Å². The molecule has 1 aromatic carbocycles. The van der Waals surface area contributed by atoms with E-state index in [9.17, 15) is 23.1 Å². The SMILES string of the molecule is O=C(NCCO)c1cc(-c2ccc(SN3CCC(Nc4ccc(C(F)(F)F)cn4)C(O)C3)cc2)ccn1. The van der Waals surface area contributed by atoms with Gasteiger partial charge in [0.25, 0.3) is 5.91 Å². The van der Waals surface area contributed by atoms with Crippen LogP contribution in [0.5, 0.6) is 0 Å². The number of pyridine rings is 2. The van der Waals surface area contributed by atoms with Crippen LogP contribution in [0.15, 0.2) is 65.8 Å². The number of nitrogens with zero attached hydrogens (tertiary/aromatic N) is 3. The lowest BCUT2D eigenvalue weighted by atomic mass is 10.0. The molecule has 8 nitrogen and oxygen atoms in total. The van der Waals surface area contributed by atoms with Gasteiger partial charge in [0.1, 0.15) is 11.5 Å². The molecule has 0 bridgehead atoms. The lowest BCUT2D eigenvalue weighted by Gasteiger charge is -2.35. The average Bonchev–Trinajstić information content (AvgIpc) is 2.89. The zero-order valence-electron chi connectivity index (χ0n) is 19.7. The van der Waals surface area contributed by atoms with E-state index < -0.39 is 17.8 Å². The molecule has 12 heteroatoms. The van der Waals surface area contributed by atoms with Crippen LogP contribution in [0.25, 0.3) is 11.1 Å². The van der Waals surface area contributed by atoms with Crippen molar-refractivity contribution >= 4 is 23.7 Å². The van der Waals surface area contributed by atoms with Gasteiger partial charge >= 0.3 is 6.18 Å². The number of alkyl halides is 3. The number of piperidine rings is 1. The molecule has 3 heterocycles. The number of carbonyl (C=O) groups excluding carboxylic acids is 1. The summed E-state index contributed by atoms with van der Waals surface area (Å²) in [5.74, 6) is -0.0625. The number of rotatable bonds is 8. The van der Waals surface area contributed by atoms with Gasteiger partial charge in [-0.05, 0) is 65.9 Å². The van der Waals surface area contributed by atoms with Crippen molar-refractivity contribution in [3.8, 4) is 11.1 Å². The molecule has 37 heavy (non-hydrogen) atoms. The molecule has 1 aliphatic heterocycles. The first kappa shape index (κ1) is 26.9. The van der Waals surface area contributed by atoms with Gasteiger partial charge in [-0.1, -0.05) is 12.1 Å². The van der Waals surface area contributed by atoms with E-state index in [2.05, 4.69) is 20.6 Å². The second kappa shape index (κ2) is 11.9. The van der Waals surface area contributed by atoms with Gasteiger partial charge in [-0.25, -0.2) is 9.29 Å². The van der Waals surface area contributed by atoms with Crippen LogP contribution in [0.1, 0.15) is 22.5 Å². The van der Waals surface area contributed by atoms with Crippen LogP contribution < -0.4 is 10.6 Å². The fourth-order valence-electron chi connectivity index (χ4n) is 3.84. The second-order valence-electron chi connectivity index (χ2n) is 8.45. The highest BCUT2D eigenvalue weighted by Gasteiger charge is 2.31. The summed E-state index contributed by atoms with van der Waals surface area (Å²) in [4.78, 5) is 21.0. The third-order valence-electron chi connectivity index (χ3n) is 5.78. The van der Waals surface area contributed by atoms with Crippen molar-refractivity contribution in [3.63, 3.8) is 0 Å². The molecule has 0 radical (unpaired) electrons. The maximum atomic E-state index is 12.7. The smallest absolute Gasteiger partial charge is 0.395 e. The monoisotopic (exact) mass is 533 g/mol. The molecule has 0 aliphatic carbocycles. The molecular weight excluding hydrogens is 507 g/mol. The number of anilines is 1. The standard InChI is InChI=1S/C25H26F3N5O3S/c26-25(27,28)18-3-6-23(31-14-18)32-20-8-11-33(15-22(20)35)37-19-4-1-16(2-5-19)17-7-9-29-21(13-17)24(36)30-10-12-34/h1-7,9,13-14,20,22,34-35H,8,10-12,15H2,(H,30,36)(H,31,32). The van der Waals surface area contributed by atoms with Crippen LogP contribution in [-0.4, -0.2) is 68.8 Å². The summed E-state index contributed by atoms with van der Waals surface area (Å²) in [5, 5.41) is 25.1. The van der Waals surface area contributed by atoms with Crippen LogP contribution in [0, 0.1) is 0 Å². The van der Waals surface area contributed by atoms with Crippen LogP contribution in [0.2, 0.25) is 0 Å². The van der Waals surface area contributed by atoms with Gasteiger partial charge in [0.15, 0.2) is 0 Å². The van der Waals surface area contributed by atoms with E-state index in [1.807, 2.05) is 34.6 Å².